The molecule has 2 saturated carbocycles. The highest BCUT2D eigenvalue weighted by Crippen LogP contribution is 2.73. The fourth-order valence-corrected chi connectivity index (χ4v) is 5.36. The van der Waals surface area contributed by atoms with Crippen LogP contribution in [0.4, 0.5) is 5.69 Å². The van der Waals surface area contributed by atoms with Crippen molar-refractivity contribution < 1.29 is 9.59 Å². The highest BCUT2D eigenvalue weighted by atomic mass is 35.5. The fourth-order valence-electron chi connectivity index (χ4n) is 4.98. The number of halogens is 2. The van der Waals surface area contributed by atoms with E-state index in [9.17, 15) is 9.59 Å². The molecule has 1 saturated heterocycles. The number of carbonyl (C=O) groups excluding carboxylic acids is 2. The molecule has 112 valence electrons. The number of amides is 2. The molecule has 1 aliphatic heterocycles. The average Bonchev–Trinajstić information content (AvgIpc) is 3.09. The molecule has 4 atom stereocenters. The standard InChI is InChI=1S/C17H13Cl2NO2/c18-10-2-1-3-11(14(10)19)20-15(21)12-8-4-5-9(13(12)16(20)22)17(8)6-7-17/h1-5,8-9,12-13H,6-7H2/t8-,9-,12-,13-/m1/s1. The molecule has 2 amide bonds. The van der Waals surface area contributed by atoms with Crippen LogP contribution in [0.25, 0.3) is 0 Å². The average molecular weight is 334 g/mol. The number of nitrogens with zero attached hydrogens (tertiary/aromatic N) is 1. The quantitative estimate of drug-likeness (QED) is 0.580. The van der Waals surface area contributed by atoms with Gasteiger partial charge in [0.25, 0.3) is 0 Å². The van der Waals surface area contributed by atoms with Gasteiger partial charge in [0.2, 0.25) is 11.8 Å². The largest absolute Gasteiger partial charge is 0.274 e. The van der Waals surface area contributed by atoms with Crippen molar-refractivity contribution in [2.75, 3.05) is 4.90 Å². The summed E-state index contributed by atoms with van der Waals surface area (Å²) in [7, 11) is 0. The van der Waals surface area contributed by atoms with Crippen LogP contribution in [0.5, 0.6) is 0 Å². The summed E-state index contributed by atoms with van der Waals surface area (Å²) in [6.45, 7) is 0. The summed E-state index contributed by atoms with van der Waals surface area (Å²) in [5.41, 5.74) is 0.632. The molecule has 0 N–H and O–H groups in total. The van der Waals surface area contributed by atoms with Gasteiger partial charge in [0, 0.05) is 0 Å². The fraction of sp³-hybridized carbons (Fsp3) is 0.412. The minimum absolute atomic E-state index is 0.109. The van der Waals surface area contributed by atoms with Gasteiger partial charge in [0.05, 0.1) is 27.6 Å². The summed E-state index contributed by atoms with van der Waals surface area (Å²) >= 11 is 12.3. The lowest BCUT2D eigenvalue weighted by molar-refractivity contribution is -0.123. The Morgan fingerprint density at radius 1 is 1.00 bits per heavy atom. The number of fused-ring (bicyclic) bond motifs is 3. The Balaban J connectivity index is 1.61. The minimum atomic E-state index is -0.208. The van der Waals surface area contributed by atoms with Crippen molar-refractivity contribution in [1.29, 1.82) is 0 Å². The topological polar surface area (TPSA) is 37.4 Å². The van der Waals surface area contributed by atoms with Gasteiger partial charge in [-0.3, -0.25) is 9.59 Å². The molecular weight excluding hydrogens is 321 g/mol. The van der Waals surface area contributed by atoms with E-state index in [4.69, 9.17) is 23.2 Å². The van der Waals surface area contributed by atoms with Crippen LogP contribution in [0.15, 0.2) is 30.4 Å². The minimum Gasteiger partial charge on any atom is -0.274 e. The van der Waals surface area contributed by atoms with Gasteiger partial charge in [0.15, 0.2) is 0 Å². The number of allylic oxidation sites excluding steroid dienone is 2. The van der Waals surface area contributed by atoms with Gasteiger partial charge in [-0.15, -0.1) is 0 Å². The zero-order valence-electron chi connectivity index (χ0n) is 11.6. The van der Waals surface area contributed by atoms with Crippen LogP contribution in [0, 0.1) is 29.1 Å². The third-order valence-electron chi connectivity index (χ3n) is 6.02. The lowest BCUT2D eigenvalue weighted by Crippen LogP contribution is -2.35. The molecule has 3 fully saturated rings. The van der Waals surface area contributed by atoms with Crippen LogP contribution in [-0.2, 0) is 9.59 Å². The Hall–Kier alpha value is -1.32. The summed E-state index contributed by atoms with van der Waals surface area (Å²) < 4.78 is 0. The molecule has 3 aliphatic carbocycles. The molecule has 0 aromatic heterocycles. The first-order valence-corrected chi connectivity index (χ1v) is 8.32. The zero-order valence-corrected chi connectivity index (χ0v) is 13.1. The first kappa shape index (κ1) is 13.1. The van der Waals surface area contributed by atoms with Crippen molar-refractivity contribution in [2.45, 2.75) is 12.8 Å². The van der Waals surface area contributed by atoms with E-state index >= 15 is 0 Å². The Kier molecular flexibility index (Phi) is 2.36. The molecule has 3 nitrogen and oxygen atoms in total. The SMILES string of the molecule is O=C1[C@H]2[C@H](C(=O)N1c1cccc(Cl)c1Cl)[C@H]1C=C[C@H]2C12CC2. The molecule has 1 heterocycles. The molecule has 1 aromatic carbocycles. The number of hydrogen-bond acceptors (Lipinski definition) is 2. The van der Waals surface area contributed by atoms with Crippen LogP contribution in [-0.4, -0.2) is 11.8 Å². The van der Waals surface area contributed by atoms with Crippen LogP contribution in [0.2, 0.25) is 10.0 Å². The van der Waals surface area contributed by atoms with Crippen molar-refractivity contribution in [3.8, 4) is 0 Å². The summed E-state index contributed by atoms with van der Waals surface area (Å²) in [5, 5.41) is 0.629. The van der Waals surface area contributed by atoms with Crippen molar-refractivity contribution in [3.63, 3.8) is 0 Å². The Bertz CT molecular complexity index is 734. The molecule has 0 radical (unpaired) electrons. The molecule has 0 unspecified atom stereocenters. The highest BCUT2D eigenvalue weighted by Gasteiger charge is 2.73. The third-order valence-corrected chi connectivity index (χ3v) is 6.83. The van der Waals surface area contributed by atoms with Crippen molar-refractivity contribution in [2.24, 2.45) is 29.1 Å². The van der Waals surface area contributed by atoms with Gasteiger partial charge in [-0.25, -0.2) is 4.90 Å². The van der Waals surface area contributed by atoms with Crippen LogP contribution < -0.4 is 4.90 Å². The van der Waals surface area contributed by atoms with Gasteiger partial charge >= 0.3 is 0 Å². The smallest absolute Gasteiger partial charge is 0.238 e. The van der Waals surface area contributed by atoms with Gasteiger partial charge in [0.1, 0.15) is 0 Å². The summed E-state index contributed by atoms with van der Waals surface area (Å²) in [6.07, 6.45) is 6.60. The summed E-state index contributed by atoms with van der Waals surface area (Å²) in [6, 6.07) is 5.06. The Morgan fingerprint density at radius 3 is 2.14 bits per heavy atom. The lowest BCUT2D eigenvalue weighted by atomic mass is 9.85. The normalized spacial score (nSPS) is 36.5. The van der Waals surface area contributed by atoms with E-state index in [1.165, 1.54) is 4.90 Å². The molecule has 1 spiro atoms. The van der Waals surface area contributed by atoms with E-state index in [1.54, 1.807) is 18.2 Å². The molecule has 5 heteroatoms. The number of rotatable bonds is 1. The molecular formula is C17H13Cl2NO2. The van der Waals surface area contributed by atoms with Gasteiger partial charge in [-0.2, -0.15) is 0 Å². The predicted molar refractivity (Wildman–Crippen MR) is 83.7 cm³/mol. The van der Waals surface area contributed by atoms with Crippen molar-refractivity contribution in [3.05, 3.63) is 40.4 Å². The zero-order chi connectivity index (χ0) is 15.2. The number of hydrogen-bond donors (Lipinski definition) is 0. The van der Waals surface area contributed by atoms with Gasteiger partial charge < -0.3 is 0 Å². The Labute approximate surface area is 137 Å². The molecule has 5 rings (SSSR count). The van der Waals surface area contributed by atoms with E-state index in [0.29, 0.717) is 10.7 Å². The monoisotopic (exact) mass is 333 g/mol. The molecule has 4 aliphatic rings. The summed E-state index contributed by atoms with van der Waals surface area (Å²) in [4.78, 5) is 27.1. The Morgan fingerprint density at radius 2 is 1.59 bits per heavy atom. The van der Waals surface area contributed by atoms with E-state index < -0.39 is 0 Å². The predicted octanol–water partition coefficient (Wildman–Crippen LogP) is 3.70. The van der Waals surface area contributed by atoms with E-state index in [0.717, 1.165) is 12.8 Å². The van der Waals surface area contributed by atoms with Crippen molar-refractivity contribution in [1.82, 2.24) is 0 Å². The number of benzene rings is 1. The van der Waals surface area contributed by atoms with Gasteiger partial charge in [-0.1, -0.05) is 41.4 Å². The number of carbonyl (C=O) groups is 2. The van der Waals surface area contributed by atoms with Crippen LogP contribution >= 0.6 is 23.2 Å². The number of imide groups is 1. The highest BCUT2D eigenvalue weighted by molar-refractivity contribution is 6.45. The van der Waals surface area contributed by atoms with Gasteiger partial charge in [-0.05, 0) is 42.2 Å². The molecule has 2 bridgehead atoms. The maximum Gasteiger partial charge on any atom is 0.238 e. The van der Waals surface area contributed by atoms with E-state index in [1.807, 2.05) is 0 Å². The summed E-state index contributed by atoms with van der Waals surface area (Å²) in [5.74, 6) is -0.187. The first-order valence-electron chi connectivity index (χ1n) is 7.56. The molecule has 22 heavy (non-hydrogen) atoms. The number of anilines is 1. The molecule has 1 aromatic rings. The van der Waals surface area contributed by atoms with E-state index in [2.05, 4.69) is 12.2 Å². The van der Waals surface area contributed by atoms with Crippen molar-refractivity contribution >= 4 is 40.7 Å². The maximum atomic E-state index is 12.9. The second-order valence-electron chi connectivity index (χ2n) is 6.81. The first-order chi connectivity index (χ1) is 10.6. The van der Waals surface area contributed by atoms with E-state index in [-0.39, 0.29) is 45.9 Å². The second-order valence-corrected chi connectivity index (χ2v) is 7.59. The lowest BCUT2D eigenvalue weighted by Gasteiger charge is -2.22. The third kappa shape index (κ3) is 1.31. The van der Waals surface area contributed by atoms with Crippen LogP contribution in [0.1, 0.15) is 12.8 Å². The van der Waals surface area contributed by atoms with Crippen LogP contribution in [0.3, 0.4) is 0 Å². The second kappa shape index (κ2) is 3.95. The maximum absolute atomic E-state index is 12.9.